The van der Waals surface area contributed by atoms with Gasteiger partial charge in [0.15, 0.2) is 0 Å². The summed E-state index contributed by atoms with van der Waals surface area (Å²) in [6, 6.07) is 0.267. The maximum absolute atomic E-state index is 12.3. The Morgan fingerprint density at radius 1 is 1.50 bits per heavy atom. The zero-order chi connectivity index (χ0) is 13.5. The van der Waals surface area contributed by atoms with Crippen LogP contribution in [0.15, 0.2) is 0 Å². The molecule has 1 N–H and O–H groups in total. The molecule has 1 amide bonds. The summed E-state index contributed by atoms with van der Waals surface area (Å²) < 4.78 is 5.49. The van der Waals surface area contributed by atoms with Gasteiger partial charge in [0.1, 0.15) is 0 Å². The van der Waals surface area contributed by atoms with Crippen LogP contribution in [0.3, 0.4) is 0 Å². The minimum absolute atomic E-state index is 0.0426. The SMILES string of the molecule is CCCC1NC(C)C(=O)N1C1CC(OC)C1(C)C. The van der Waals surface area contributed by atoms with E-state index in [1.165, 1.54) is 0 Å². The number of ether oxygens (including phenoxy) is 1. The predicted molar refractivity (Wildman–Crippen MR) is 71.1 cm³/mol. The molecule has 2 aliphatic rings. The summed E-state index contributed by atoms with van der Waals surface area (Å²) in [6.45, 7) is 8.53. The second-order valence-electron chi connectivity index (χ2n) is 6.24. The topological polar surface area (TPSA) is 41.6 Å². The van der Waals surface area contributed by atoms with Gasteiger partial charge in [-0.25, -0.2) is 0 Å². The van der Waals surface area contributed by atoms with E-state index in [4.69, 9.17) is 4.74 Å². The number of nitrogens with one attached hydrogen (secondary N) is 1. The highest BCUT2D eigenvalue weighted by Crippen LogP contribution is 2.47. The normalized spacial score (nSPS) is 38.9. The molecule has 0 aromatic carbocycles. The van der Waals surface area contributed by atoms with E-state index in [2.05, 4.69) is 31.0 Å². The number of carbonyl (C=O) groups excluding carboxylic acids is 1. The highest BCUT2D eigenvalue weighted by atomic mass is 16.5. The quantitative estimate of drug-likeness (QED) is 0.831. The molecule has 2 rings (SSSR count). The zero-order valence-electron chi connectivity index (χ0n) is 12.2. The fourth-order valence-electron chi connectivity index (χ4n) is 3.42. The van der Waals surface area contributed by atoms with Crippen LogP contribution < -0.4 is 5.32 Å². The second kappa shape index (κ2) is 4.82. The summed E-state index contributed by atoms with van der Waals surface area (Å²) >= 11 is 0. The molecule has 0 spiro atoms. The van der Waals surface area contributed by atoms with Gasteiger partial charge in [-0.05, 0) is 19.8 Å². The maximum atomic E-state index is 12.3. The Morgan fingerprint density at radius 2 is 2.17 bits per heavy atom. The van der Waals surface area contributed by atoms with Gasteiger partial charge in [-0.3, -0.25) is 10.1 Å². The Bertz CT molecular complexity index is 330. The molecule has 18 heavy (non-hydrogen) atoms. The molecule has 4 nitrogen and oxygen atoms in total. The number of methoxy groups -OCH3 is 1. The molecule has 1 aliphatic heterocycles. The van der Waals surface area contributed by atoms with Crippen molar-refractivity contribution in [3.05, 3.63) is 0 Å². The van der Waals surface area contributed by atoms with Gasteiger partial charge in [-0.15, -0.1) is 0 Å². The highest BCUT2D eigenvalue weighted by Gasteiger charge is 2.55. The first-order valence-corrected chi connectivity index (χ1v) is 7.04. The fraction of sp³-hybridized carbons (Fsp3) is 0.929. The van der Waals surface area contributed by atoms with E-state index in [0.29, 0.717) is 6.04 Å². The summed E-state index contributed by atoms with van der Waals surface area (Å²) in [5.41, 5.74) is 0.0577. The van der Waals surface area contributed by atoms with Crippen molar-refractivity contribution in [1.82, 2.24) is 10.2 Å². The average Bonchev–Trinajstić information content (AvgIpc) is 2.57. The zero-order valence-corrected chi connectivity index (χ0v) is 12.2. The van der Waals surface area contributed by atoms with Crippen LogP contribution in [0, 0.1) is 5.41 Å². The number of rotatable bonds is 4. The molecule has 4 unspecified atom stereocenters. The smallest absolute Gasteiger partial charge is 0.240 e. The first kappa shape index (κ1) is 13.8. The molecule has 4 atom stereocenters. The van der Waals surface area contributed by atoms with Crippen molar-refractivity contribution >= 4 is 5.91 Å². The van der Waals surface area contributed by atoms with Crippen LogP contribution in [0.1, 0.15) is 47.0 Å². The largest absolute Gasteiger partial charge is 0.381 e. The first-order chi connectivity index (χ1) is 8.43. The Hall–Kier alpha value is -0.610. The van der Waals surface area contributed by atoms with Crippen LogP contribution in [0.5, 0.6) is 0 Å². The van der Waals surface area contributed by atoms with Crippen molar-refractivity contribution < 1.29 is 9.53 Å². The molecule has 104 valence electrons. The lowest BCUT2D eigenvalue weighted by Crippen LogP contribution is -2.64. The van der Waals surface area contributed by atoms with Crippen molar-refractivity contribution in [2.45, 2.75) is 71.3 Å². The third-order valence-corrected chi connectivity index (χ3v) is 4.71. The standard InChI is InChI=1S/C14H26N2O2/c1-6-7-12-15-9(2)13(17)16(12)10-8-11(18-5)14(10,3)4/h9-12,15H,6-8H2,1-5H3. The van der Waals surface area contributed by atoms with Crippen molar-refractivity contribution in [2.75, 3.05) is 7.11 Å². The van der Waals surface area contributed by atoms with E-state index >= 15 is 0 Å². The van der Waals surface area contributed by atoms with Gasteiger partial charge in [-0.2, -0.15) is 0 Å². The van der Waals surface area contributed by atoms with Gasteiger partial charge < -0.3 is 9.64 Å². The number of hydrogen-bond donors (Lipinski definition) is 1. The minimum atomic E-state index is -0.0426. The number of amides is 1. The summed E-state index contributed by atoms with van der Waals surface area (Å²) in [7, 11) is 1.76. The lowest BCUT2D eigenvalue weighted by atomic mass is 9.63. The summed E-state index contributed by atoms with van der Waals surface area (Å²) in [5, 5.41) is 3.41. The van der Waals surface area contributed by atoms with Gasteiger partial charge in [0.25, 0.3) is 0 Å². The summed E-state index contributed by atoms with van der Waals surface area (Å²) in [4.78, 5) is 14.4. The summed E-state index contributed by atoms with van der Waals surface area (Å²) in [5.74, 6) is 0.251. The fourth-order valence-corrected chi connectivity index (χ4v) is 3.42. The maximum Gasteiger partial charge on any atom is 0.240 e. The van der Waals surface area contributed by atoms with E-state index in [9.17, 15) is 4.79 Å². The molecule has 1 saturated carbocycles. The predicted octanol–water partition coefficient (Wildman–Crippen LogP) is 1.75. The van der Waals surface area contributed by atoms with Crippen molar-refractivity contribution in [3.8, 4) is 0 Å². The van der Waals surface area contributed by atoms with Crippen LogP contribution in [-0.4, -0.2) is 42.3 Å². The third-order valence-electron chi connectivity index (χ3n) is 4.71. The van der Waals surface area contributed by atoms with Crippen LogP contribution >= 0.6 is 0 Å². The third kappa shape index (κ3) is 1.95. The van der Waals surface area contributed by atoms with Crippen molar-refractivity contribution in [2.24, 2.45) is 5.41 Å². The molecule has 2 fully saturated rings. The molecular formula is C14H26N2O2. The van der Waals surface area contributed by atoms with Crippen molar-refractivity contribution in [3.63, 3.8) is 0 Å². The Balaban J connectivity index is 2.14. The number of hydrogen-bond acceptors (Lipinski definition) is 3. The molecule has 0 radical (unpaired) electrons. The van der Waals surface area contributed by atoms with Crippen LogP contribution in [-0.2, 0) is 9.53 Å². The molecule has 0 bridgehead atoms. The van der Waals surface area contributed by atoms with Gasteiger partial charge in [0.2, 0.25) is 5.91 Å². The molecule has 0 aromatic heterocycles. The van der Waals surface area contributed by atoms with Gasteiger partial charge in [0.05, 0.1) is 18.3 Å². The van der Waals surface area contributed by atoms with Gasteiger partial charge in [0, 0.05) is 18.6 Å². The van der Waals surface area contributed by atoms with Gasteiger partial charge >= 0.3 is 0 Å². The van der Waals surface area contributed by atoms with Crippen LogP contribution in [0.2, 0.25) is 0 Å². The molecule has 0 aromatic rings. The molecule has 1 heterocycles. The minimum Gasteiger partial charge on any atom is -0.381 e. The second-order valence-corrected chi connectivity index (χ2v) is 6.24. The number of nitrogens with zero attached hydrogens (tertiary/aromatic N) is 1. The molecule has 1 saturated heterocycles. The Labute approximate surface area is 110 Å². The van der Waals surface area contributed by atoms with E-state index in [1.54, 1.807) is 7.11 Å². The van der Waals surface area contributed by atoms with E-state index < -0.39 is 0 Å². The average molecular weight is 254 g/mol. The monoisotopic (exact) mass is 254 g/mol. The first-order valence-electron chi connectivity index (χ1n) is 7.04. The lowest BCUT2D eigenvalue weighted by Gasteiger charge is -2.55. The lowest BCUT2D eigenvalue weighted by molar-refractivity contribution is -0.162. The van der Waals surface area contributed by atoms with Crippen molar-refractivity contribution in [1.29, 1.82) is 0 Å². The van der Waals surface area contributed by atoms with Crippen LogP contribution in [0.25, 0.3) is 0 Å². The molecular weight excluding hydrogens is 228 g/mol. The summed E-state index contributed by atoms with van der Waals surface area (Å²) in [6.07, 6.45) is 3.56. The van der Waals surface area contributed by atoms with E-state index in [1.807, 2.05) is 6.92 Å². The van der Waals surface area contributed by atoms with E-state index in [0.717, 1.165) is 19.3 Å². The number of carbonyl (C=O) groups is 1. The molecule has 4 heteroatoms. The Kier molecular flexibility index (Phi) is 3.70. The van der Waals surface area contributed by atoms with Gasteiger partial charge in [-0.1, -0.05) is 27.2 Å². The van der Waals surface area contributed by atoms with E-state index in [-0.39, 0.29) is 29.6 Å². The van der Waals surface area contributed by atoms with Crippen LogP contribution in [0.4, 0.5) is 0 Å². The molecule has 1 aliphatic carbocycles. The Morgan fingerprint density at radius 3 is 2.67 bits per heavy atom. The highest BCUT2D eigenvalue weighted by molar-refractivity contribution is 5.84.